The van der Waals surface area contributed by atoms with E-state index in [9.17, 15) is 0 Å². The molecule has 74 valence electrons. The van der Waals surface area contributed by atoms with Gasteiger partial charge in [-0.25, -0.2) is 0 Å². The molecule has 3 heteroatoms. The number of halogens is 1. The molecular weight excluding hydrogens is 276 g/mol. The molecule has 0 aliphatic heterocycles. The summed E-state index contributed by atoms with van der Waals surface area (Å²) in [6.45, 7) is 2.21. The zero-order valence-electron chi connectivity index (χ0n) is 8.13. The number of hydrogen-bond acceptors (Lipinski definition) is 2. The summed E-state index contributed by atoms with van der Waals surface area (Å²) in [6.07, 6.45) is 3.25. The van der Waals surface area contributed by atoms with E-state index >= 15 is 0 Å². The molecule has 0 nitrogen and oxygen atoms in total. The van der Waals surface area contributed by atoms with Gasteiger partial charge in [-0.1, -0.05) is 6.92 Å². The molecule has 0 bridgehead atoms. The minimum Gasteiger partial charge on any atom is -0.143 e. The van der Waals surface area contributed by atoms with Crippen LogP contribution >= 0.6 is 39.0 Å². The third-order valence-corrected chi connectivity index (χ3v) is 5.03. The Labute approximate surface area is 101 Å². The van der Waals surface area contributed by atoms with Gasteiger partial charge >= 0.3 is 0 Å². The topological polar surface area (TPSA) is 0 Å². The molecule has 0 atom stereocenters. The molecule has 0 fully saturated rings. The Morgan fingerprint density at radius 1 is 1.50 bits per heavy atom. The van der Waals surface area contributed by atoms with Gasteiger partial charge in [0.1, 0.15) is 0 Å². The van der Waals surface area contributed by atoms with Crippen molar-refractivity contribution < 1.29 is 0 Å². The zero-order valence-corrected chi connectivity index (χ0v) is 11.4. The summed E-state index contributed by atoms with van der Waals surface area (Å²) in [5.41, 5.74) is 1.44. The minimum absolute atomic E-state index is 1.10. The van der Waals surface area contributed by atoms with Gasteiger partial charge in [-0.3, -0.25) is 0 Å². The monoisotopic (exact) mass is 286 g/mol. The van der Waals surface area contributed by atoms with Crippen molar-refractivity contribution in [3.63, 3.8) is 0 Å². The lowest BCUT2D eigenvalue weighted by atomic mass is 10.1. The summed E-state index contributed by atoms with van der Waals surface area (Å²) in [5.74, 6) is 0. The molecule has 0 unspecified atom stereocenters. The maximum absolute atomic E-state index is 3.63. The summed E-state index contributed by atoms with van der Waals surface area (Å²) >= 11 is 7.28. The van der Waals surface area contributed by atoms with E-state index in [0.717, 1.165) is 6.42 Å². The molecular formula is C11H11BrS2. The highest BCUT2D eigenvalue weighted by Crippen LogP contribution is 2.38. The van der Waals surface area contributed by atoms with Crippen molar-refractivity contribution in [3.05, 3.63) is 27.5 Å². The van der Waals surface area contributed by atoms with Crippen LogP contribution in [0.25, 0.3) is 10.1 Å². The Morgan fingerprint density at radius 3 is 2.93 bits per heavy atom. The fraction of sp³-hybridized carbons (Fsp3) is 0.273. The molecule has 0 saturated carbocycles. The van der Waals surface area contributed by atoms with E-state index in [1.54, 1.807) is 11.3 Å². The molecule has 1 heterocycles. The Balaban J connectivity index is 2.82. The highest BCUT2D eigenvalue weighted by Gasteiger charge is 2.09. The Kier molecular flexibility index (Phi) is 3.20. The van der Waals surface area contributed by atoms with E-state index in [-0.39, 0.29) is 0 Å². The van der Waals surface area contributed by atoms with Gasteiger partial charge in [0.15, 0.2) is 0 Å². The lowest BCUT2D eigenvalue weighted by Gasteiger charge is -2.08. The standard InChI is InChI=1S/C11H11BrS2/c1-3-7-6-9(12)11-8(4-5-14-11)10(7)13-2/h4-6H,3H2,1-2H3. The molecule has 0 radical (unpaired) electrons. The van der Waals surface area contributed by atoms with E-state index in [2.05, 4.69) is 46.6 Å². The average molecular weight is 287 g/mol. The van der Waals surface area contributed by atoms with Gasteiger partial charge < -0.3 is 0 Å². The van der Waals surface area contributed by atoms with E-state index in [1.807, 2.05) is 11.8 Å². The molecule has 0 N–H and O–H groups in total. The average Bonchev–Trinajstić information content (AvgIpc) is 2.66. The van der Waals surface area contributed by atoms with Gasteiger partial charge in [0.25, 0.3) is 0 Å². The molecule has 1 aromatic carbocycles. The molecule has 1 aromatic heterocycles. The van der Waals surface area contributed by atoms with E-state index in [4.69, 9.17) is 0 Å². The van der Waals surface area contributed by atoms with Crippen LogP contribution in [0.3, 0.4) is 0 Å². The lowest BCUT2D eigenvalue weighted by molar-refractivity contribution is 1.10. The van der Waals surface area contributed by atoms with Crippen molar-refractivity contribution in [2.75, 3.05) is 6.26 Å². The quantitative estimate of drug-likeness (QED) is 0.704. The molecule has 0 amide bonds. The van der Waals surface area contributed by atoms with Gasteiger partial charge in [-0.15, -0.1) is 23.1 Å². The van der Waals surface area contributed by atoms with E-state index < -0.39 is 0 Å². The van der Waals surface area contributed by atoms with Crippen LogP contribution in [0, 0.1) is 0 Å². The van der Waals surface area contributed by atoms with E-state index in [1.165, 1.54) is 25.0 Å². The van der Waals surface area contributed by atoms with Crippen molar-refractivity contribution in [2.45, 2.75) is 18.2 Å². The molecule has 0 aliphatic rings. The summed E-state index contributed by atoms with van der Waals surface area (Å²) < 4.78 is 2.60. The Hall–Kier alpha value is 0.01000. The first-order valence-corrected chi connectivity index (χ1v) is 7.40. The van der Waals surface area contributed by atoms with Crippen molar-refractivity contribution in [1.82, 2.24) is 0 Å². The second-order valence-electron chi connectivity index (χ2n) is 3.07. The molecule has 2 rings (SSSR count). The number of thiophene rings is 1. The van der Waals surface area contributed by atoms with Crippen LogP contribution in [0.2, 0.25) is 0 Å². The highest BCUT2D eigenvalue weighted by molar-refractivity contribution is 9.10. The first-order valence-electron chi connectivity index (χ1n) is 4.50. The SMILES string of the molecule is CCc1cc(Br)c2sccc2c1SC. The largest absolute Gasteiger partial charge is 0.143 e. The minimum atomic E-state index is 1.10. The van der Waals surface area contributed by atoms with Crippen LogP contribution in [-0.4, -0.2) is 6.26 Å². The predicted octanol–water partition coefficient (Wildman–Crippen LogP) is 4.95. The van der Waals surface area contributed by atoms with E-state index in [0.29, 0.717) is 0 Å². The molecule has 14 heavy (non-hydrogen) atoms. The molecule has 0 aliphatic carbocycles. The van der Waals surface area contributed by atoms with Gasteiger partial charge in [0.2, 0.25) is 0 Å². The number of thioether (sulfide) groups is 1. The fourth-order valence-corrected chi connectivity index (χ4v) is 4.13. The van der Waals surface area contributed by atoms with Gasteiger partial charge in [0, 0.05) is 19.5 Å². The van der Waals surface area contributed by atoms with Crippen molar-refractivity contribution in [2.24, 2.45) is 0 Å². The second-order valence-corrected chi connectivity index (χ2v) is 5.65. The van der Waals surface area contributed by atoms with Crippen LogP contribution in [0.4, 0.5) is 0 Å². The fourth-order valence-electron chi connectivity index (χ4n) is 1.63. The van der Waals surface area contributed by atoms with Crippen LogP contribution in [0.1, 0.15) is 12.5 Å². The van der Waals surface area contributed by atoms with Gasteiger partial charge in [0.05, 0.1) is 0 Å². The number of rotatable bonds is 2. The van der Waals surface area contributed by atoms with Crippen LogP contribution in [0.15, 0.2) is 26.9 Å². The summed E-state index contributed by atoms with van der Waals surface area (Å²) in [5, 5.41) is 3.56. The molecule has 0 spiro atoms. The zero-order chi connectivity index (χ0) is 10.1. The Bertz CT molecular complexity index is 460. The summed E-state index contributed by atoms with van der Waals surface area (Å²) in [7, 11) is 0. The predicted molar refractivity (Wildman–Crippen MR) is 70.7 cm³/mol. The maximum Gasteiger partial charge on any atom is 0.0496 e. The second kappa shape index (κ2) is 4.25. The normalized spacial score (nSPS) is 11.1. The van der Waals surface area contributed by atoms with Gasteiger partial charge in [-0.05, 0) is 51.7 Å². The first-order chi connectivity index (χ1) is 6.77. The first kappa shape index (κ1) is 10.5. The van der Waals surface area contributed by atoms with Crippen molar-refractivity contribution in [3.8, 4) is 0 Å². The maximum atomic E-state index is 3.63. The summed E-state index contributed by atoms with van der Waals surface area (Å²) in [6, 6.07) is 4.47. The van der Waals surface area contributed by atoms with Crippen LogP contribution in [0.5, 0.6) is 0 Å². The number of benzene rings is 1. The third kappa shape index (κ3) is 1.62. The number of fused-ring (bicyclic) bond motifs is 1. The molecule has 2 aromatic rings. The third-order valence-electron chi connectivity index (χ3n) is 2.30. The smallest absolute Gasteiger partial charge is 0.0496 e. The lowest BCUT2D eigenvalue weighted by Crippen LogP contribution is -1.85. The number of hydrogen-bond donors (Lipinski definition) is 0. The van der Waals surface area contributed by atoms with Crippen LogP contribution in [-0.2, 0) is 6.42 Å². The molecule has 0 saturated heterocycles. The highest BCUT2D eigenvalue weighted by atomic mass is 79.9. The van der Waals surface area contributed by atoms with Crippen LogP contribution < -0.4 is 0 Å². The Morgan fingerprint density at radius 2 is 2.29 bits per heavy atom. The van der Waals surface area contributed by atoms with Gasteiger partial charge in [-0.2, -0.15) is 0 Å². The van der Waals surface area contributed by atoms with Crippen molar-refractivity contribution >= 4 is 49.1 Å². The van der Waals surface area contributed by atoms with Crippen molar-refractivity contribution in [1.29, 1.82) is 0 Å². The number of aryl methyl sites for hydroxylation is 1. The summed E-state index contributed by atoms with van der Waals surface area (Å²) in [4.78, 5) is 1.44.